The van der Waals surface area contributed by atoms with Crippen LogP contribution in [0.4, 0.5) is 26.3 Å². The lowest BCUT2D eigenvalue weighted by Gasteiger charge is -2.46. The fourth-order valence-electron chi connectivity index (χ4n) is 5.61. The van der Waals surface area contributed by atoms with Crippen LogP contribution in [0.3, 0.4) is 0 Å². The van der Waals surface area contributed by atoms with E-state index in [9.17, 15) is 26.3 Å². The largest absolute Gasteiger partial charge is 0.426 e. The predicted octanol–water partition coefficient (Wildman–Crippen LogP) is 7.52. The Labute approximate surface area is 176 Å². The molecule has 2 rings (SSSR count). The maximum atomic E-state index is 13.9. The summed E-state index contributed by atoms with van der Waals surface area (Å²) >= 11 is 0. The molecule has 0 aromatic carbocycles. The zero-order chi connectivity index (χ0) is 22.6. The van der Waals surface area contributed by atoms with Crippen LogP contribution < -0.4 is 0 Å². The second kappa shape index (κ2) is 10.4. The third-order valence-corrected chi connectivity index (χ3v) is 7.52. The van der Waals surface area contributed by atoms with Gasteiger partial charge in [0.05, 0.1) is 0 Å². The summed E-state index contributed by atoms with van der Waals surface area (Å²) < 4.78 is 93.4. The lowest BCUT2D eigenvalue weighted by Crippen LogP contribution is -2.65. The Morgan fingerprint density at radius 3 is 1.83 bits per heavy atom. The molecule has 2 nitrogen and oxygen atoms in total. The van der Waals surface area contributed by atoms with E-state index in [-0.39, 0.29) is 30.8 Å². The van der Waals surface area contributed by atoms with Crippen molar-refractivity contribution in [3.8, 4) is 0 Å². The number of fused-ring (bicyclic) bond motifs is 2. The summed E-state index contributed by atoms with van der Waals surface area (Å²) in [7, 11) is 0. The minimum Gasteiger partial charge on any atom is -0.355 e. The molecule has 0 aromatic heterocycles. The Morgan fingerprint density at radius 1 is 0.767 bits per heavy atom. The van der Waals surface area contributed by atoms with Crippen LogP contribution in [-0.2, 0) is 9.47 Å². The SMILES string of the molecule is CCCCCCCCCOCOC(C1CC2CC1C(C)C2C)(C(F)(F)F)C(F)(F)F. The highest BCUT2D eigenvalue weighted by Gasteiger charge is 2.78. The number of rotatable bonds is 12. The maximum absolute atomic E-state index is 13.9. The van der Waals surface area contributed by atoms with E-state index >= 15 is 0 Å². The van der Waals surface area contributed by atoms with Crippen LogP contribution in [0.25, 0.3) is 0 Å². The first-order valence-electron chi connectivity index (χ1n) is 11.3. The van der Waals surface area contributed by atoms with E-state index in [0.717, 1.165) is 32.1 Å². The zero-order valence-electron chi connectivity index (χ0n) is 18.2. The van der Waals surface area contributed by atoms with Crippen LogP contribution in [-0.4, -0.2) is 31.4 Å². The highest BCUT2D eigenvalue weighted by Crippen LogP contribution is 2.64. The van der Waals surface area contributed by atoms with Gasteiger partial charge in [-0.3, -0.25) is 0 Å². The number of alkyl halides is 6. The second-order valence-electron chi connectivity index (χ2n) is 9.24. The van der Waals surface area contributed by atoms with Crippen molar-refractivity contribution in [3.63, 3.8) is 0 Å². The van der Waals surface area contributed by atoms with Gasteiger partial charge in [0.15, 0.2) is 0 Å². The van der Waals surface area contributed by atoms with Gasteiger partial charge in [-0.05, 0) is 42.9 Å². The predicted molar refractivity (Wildman–Crippen MR) is 103 cm³/mol. The first kappa shape index (κ1) is 25.8. The van der Waals surface area contributed by atoms with Gasteiger partial charge in [-0.2, -0.15) is 26.3 Å². The lowest BCUT2D eigenvalue weighted by atomic mass is 9.68. The minimum absolute atomic E-state index is 0.101. The quantitative estimate of drug-likeness (QED) is 0.175. The van der Waals surface area contributed by atoms with E-state index in [2.05, 4.69) is 11.7 Å². The van der Waals surface area contributed by atoms with Crippen LogP contribution in [0.15, 0.2) is 0 Å². The fraction of sp³-hybridized carbons (Fsp3) is 1.00. The molecule has 2 bridgehead atoms. The van der Waals surface area contributed by atoms with Crippen molar-refractivity contribution < 1.29 is 35.8 Å². The molecule has 0 N–H and O–H groups in total. The average molecular weight is 447 g/mol. The molecule has 5 unspecified atom stereocenters. The summed E-state index contributed by atoms with van der Waals surface area (Å²) in [6.45, 7) is 4.90. The van der Waals surface area contributed by atoms with Crippen molar-refractivity contribution >= 4 is 0 Å². The van der Waals surface area contributed by atoms with Crippen LogP contribution in [0.1, 0.15) is 78.6 Å². The molecule has 5 atom stereocenters. The van der Waals surface area contributed by atoms with E-state index in [1.807, 2.05) is 6.92 Å². The van der Waals surface area contributed by atoms with Gasteiger partial charge in [0.2, 0.25) is 0 Å². The fourth-order valence-corrected chi connectivity index (χ4v) is 5.61. The minimum atomic E-state index is -5.55. The zero-order valence-corrected chi connectivity index (χ0v) is 18.2. The molecular weight excluding hydrogens is 410 g/mol. The first-order chi connectivity index (χ1) is 14.0. The molecule has 0 heterocycles. The molecule has 8 heteroatoms. The topological polar surface area (TPSA) is 18.5 Å². The third kappa shape index (κ3) is 5.28. The van der Waals surface area contributed by atoms with Crippen molar-refractivity contribution in [1.82, 2.24) is 0 Å². The number of ether oxygens (including phenoxy) is 2. The van der Waals surface area contributed by atoms with E-state index in [1.165, 1.54) is 6.42 Å². The third-order valence-electron chi connectivity index (χ3n) is 7.52. The van der Waals surface area contributed by atoms with Crippen molar-refractivity contribution in [3.05, 3.63) is 0 Å². The monoisotopic (exact) mass is 446 g/mol. The molecule has 0 spiro atoms. The van der Waals surface area contributed by atoms with Crippen LogP contribution >= 0.6 is 0 Å². The summed E-state index contributed by atoms with van der Waals surface area (Å²) in [4.78, 5) is 0. The standard InChI is InChI=1S/C22H36F6O2/c1-4-5-6-7-8-9-10-11-29-14-30-20(21(23,24)25,22(26,27)28)19-13-17-12-18(19)16(3)15(17)2/h15-19H,4-14H2,1-3H3. The highest BCUT2D eigenvalue weighted by atomic mass is 19.4. The first-order valence-corrected chi connectivity index (χ1v) is 11.3. The molecule has 30 heavy (non-hydrogen) atoms. The number of unbranched alkanes of at least 4 members (excludes halogenated alkanes) is 6. The van der Waals surface area contributed by atoms with Gasteiger partial charge in [0.25, 0.3) is 5.60 Å². The summed E-state index contributed by atoms with van der Waals surface area (Å²) in [5.74, 6) is -2.42. The Kier molecular flexibility index (Phi) is 8.94. The van der Waals surface area contributed by atoms with Crippen molar-refractivity contribution in [1.29, 1.82) is 0 Å². The summed E-state index contributed by atoms with van der Waals surface area (Å²) in [5.41, 5.74) is -4.16. The van der Waals surface area contributed by atoms with Gasteiger partial charge in [0, 0.05) is 12.5 Å². The van der Waals surface area contributed by atoms with E-state index in [0.29, 0.717) is 12.8 Å². The Morgan fingerprint density at radius 2 is 1.33 bits per heavy atom. The van der Waals surface area contributed by atoms with Crippen LogP contribution in [0, 0.1) is 29.6 Å². The molecule has 0 aliphatic heterocycles. The normalized spacial score (nSPS) is 29.7. The molecule has 2 aliphatic carbocycles. The van der Waals surface area contributed by atoms with E-state index in [4.69, 9.17) is 4.74 Å². The van der Waals surface area contributed by atoms with Gasteiger partial charge >= 0.3 is 12.4 Å². The Hall–Kier alpha value is -0.500. The van der Waals surface area contributed by atoms with Gasteiger partial charge in [-0.15, -0.1) is 0 Å². The van der Waals surface area contributed by atoms with E-state index in [1.54, 1.807) is 6.92 Å². The molecule has 2 saturated carbocycles. The summed E-state index contributed by atoms with van der Waals surface area (Å²) in [6.07, 6.45) is -3.84. The maximum Gasteiger partial charge on any atom is 0.426 e. The van der Waals surface area contributed by atoms with Gasteiger partial charge in [-0.25, -0.2) is 0 Å². The summed E-state index contributed by atoms with van der Waals surface area (Å²) in [6, 6.07) is 0. The highest BCUT2D eigenvalue weighted by molar-refractivity contribution is 5.10. The van der Waals surface area contributed by atoms with Gasteiger partial charge in [0.1, 0.15) is 6.79 Å². The summed E-state index contributed by atoms with van der Waals surface area (Å²) in [5, 5.41) is 0. The number of hydrogen-bond acceptors (Lipinski definition) is 2. The molecule has 178 valence electrons. The number of hydrogen-bond donors (Lipinski definition) is 0. The van der Waals surface area contributed by atoms with Crippen molar-refractivity contribution in [2.24, 2.45) is 29.6 Å². The van der Waals surface area contributed by atoms with Crippen molar-refractivity contribution in [2.75, 3.05) is 13.4 Å². The Balaban J connectivity index is 1.96. The van der Waals surface area contributed by atoms with Gasteiger partial charge < -0.3 is 9.47 Å². The van der Waals surface area contributed by atoms with Crippen molar-refractivity contribution in [2.45, 2.75) is 96.5 Å². The lowest BCUT2D eigenvalue weighted by molar-refractivity contribution is -0.414. The molecular formula is C22H36F6O2. The molecule has 2 fully saturated rings. The molecule has 0 amide bonds. The van der Waals surface area contributed by atoms with Crippen LogP contribution in [0.2, 0.25) is 0 Å². The average Bonchev–Trinajstić information content (AvgIpc) is 3.18. The van der Waals surface area contributed by atoms with E-state index < -0.39 is 36.6 Å². The molecule has 0 aromatic rings. The van der Waals surface area contributed by atoms with Crippen LogP contribution in [0.5, 0.6) is 0 Å². The number of halogens is 6. The molecule has 0 saturated heterocycles. The second-order valence-corrected chi connectivity index (χ2v) is 9.24. The van der Waals surface area contributed by atoms with Gasteiger partial charge in [-0.1, -0.05) is 59.3 Å². The molecule has 2 aliphatic rings. The Bertz CT molecular complexity index is 503. The smallest absolute Gasteiger partial charge is 0.355 e. The molecule has 0 radical (unpaired) electrons.